The van der Waals surface area contributed by atoms with Crippen molar-refractivity contribution in [2.45, 2.75) is 16.7 Å². The van der Waals surface area contributed by atoms with Crippen LogP contribution in [0.25, 0.3) is 0 Å². The lowest BCUT2D eigenvalue weighted by Crippen LogP contribution is -2.14. The molecule has 0 aliphatic heterocycles. The monoisotopic (exact) mass is 412 g/mol. The number of hydrogen-bond donors (Lipinski definition) is 2. The second kappa shape index (κ2) is 8.95. The van der Waals surface area contributed by atoms with Crippen molar-refractivity contribution in [3.8, 4) is 0 Å². The van der Waals surface area contributed by atoms with Crippen LogP contribution in [0.1, 0.15) is 5.56 Å². The fourth-order valence-corrected chi connectivity index (χ4v) is 4.18. The van der Waals surface area contributed by atoms with Crippen LogP contribution in [0.5, 0.6) is 0 Å². The third-order valence-electron chi connectivity index (χ3n) is 3.87. The van der Waals surface area contributed by atoms with Crippen molar-refractivity contribution in [1.82, 2.24) is 0 Å². The van der Waals surface area contributed by atoms with Crippen LogP contribution in [0, 0.1) is 6.92 Å². The van der Waals surface area contributed by atoms with Gasteiger partial charge in [0, 0.05) is 16.3 Å². The van der Waals surface area contributed by atoms with Crippen molar-refractivity contribution in [3.05, 3.63) is 84.4 Å². The van der Waals surface area contributed by atoms with Crippen LogP contribution in [0.4, 0.5) is 11.4 Å². The van der Waals surface area contributed by atoms with E-state index >= 15 is 0 Å². The molecule has 0 saturated carbocycles. The maximum absolute atomic E-state index is 12.4. The zero-order valence-electron chi connectivity index (χ0n) is 15.3. The summed E-state index contributed by atoms with van der Waals surface area (Å²) in [6.45, 7) is 1.90. The predicted octanol–water partition coefficient (Wildman–Crippen LogP) is 4.53. The molecule has 5 nitrogen and oxygen atoms in total. The molecule has 0 unspecified atom stereocenters. The van der Waals surface area contributed by atoms with E-state index in [1.807, 2.05) is 37.3 Å². The van der Waals surface area contributed by atoms with Crippen molar-refractivity contribution < 1.29 is 13.2 Å². The molecule has 0 heterocycles. The van der Waals surface area contributed by atoms with Gasteiger partial charge in [-0.1, -0.05) is 35.9 Å². The number of aryl methyl sites for hydroxylation is 1. The molecule has 1 amide bonds. The maximum atomic E-state index is 12.4. The minimum Gasteiger partial charge on any atom is -0.325 e. The van der Waals surface area contributed by atoms with E-state index in [1.54, 1.807) is 48.5 Å². The minimum atomic E-state index is -3.62. The fraction of sp³-hybridized carbons (Fsp3) is 0.0952. The number of benzene rings is 3. The van der Waals surface area contributed by atoms with Gasteiger partial charge in [-0.15, -0.1) is 11.8 Å². The highest BCUT2D eigenvalue weighted by Crippen LogP contribution is 2.22. The number of para-hydroxylation sites is 1. The number of nitrogens with one attached hydrogen (secondary N) is 2. The summed E-state index contributed by atoms with van der Waals surface area (Å²) in [6, 6.07) is 22.9. The number of amides is 1. The highest BCUT2D eigenvalue weighted by Gasteiger charge is 2.13. The summed E-state index contributed by atoms with van der Waals surface area (Å²) in [4.78, 5) is 13.1. The number of carbonyl (C=O) groups excluding carboxylic acids is 1. The number of sulfonamides is 1. The summed E-state index contributed by atoms with van der Waals surface area (Å²) in [7, 11) is -3.62. The first-order chi connectivity index (χ1) is 13.4. The lowest BCUT2D eigenvalue weighted by atomic mass is 10.2. The predicted molar refractivity (Wildman–Crippen MR) is 114 cm³/mol. The minimum absolute atomic E-state index is 0.0969. The highest BCUT2D eigenvalue weighted by atomic mass is 32.2. The zero-order chi connectivity index (χ0) is 20.0. The van der Waals surface area contributed by atoms with Gasteiger partial charge in [0.2, 0.25) is 5.91 Å². The average molecular weight is 413 g/mol. The third kappa shape index (κ3) is 5.61. The van der Waals surface area contributed by atoms with E-state index < -0.39 is 10.0 Å². The first-order valence-corrected chi connectivity index (χ1v) is 11.1. The Morgan fingerprint density at radius 1 is 0.857 bits per heavy atom. The van der Waals surface area contributed by atoms with Crippen molar-refractivity contribution in [1.29, 1.82) is 0 Å². The third-order valence-corrected chi connectivity index (χ3v) is 6.27. The van der Waals surface area contributed by atoms with E-state index in [1.165, 1.54) is 11.8 Å². The number of hydrogen-bond acceptors (Lipinski definition) is 4. The van der Waals surface area contributed by atoms with Gasteiger partial charge < -0.3 is 5.32 Å². The van der Waals surface area contributed by atoms with Gasteiger partial charge in [0.15, 0.2) is 0 Å². The number of carbonyl (C=O) groups is 1. The molecule has 0 fully saturated rings. The molecule has 144 valence electrons. The molecule has 0 radical (unpaired) electrons. The molecule has 0 saturated heterocycles. The average Bonchev–Trinajstić information content (AvgIpc) is 2.68. The smallest absolute Gasteiger partial charge is 0.261 e. The molecule has 28 heavy (non-hydrogen) atoms. The van der Waals surface area contributed by atoms with Crippen LogP contribution in [0.15, 0.2) is 88.7 Å². The van der Waals surface area contributed by atoms with Gasteiger partial charge in [-0.05, 0) is 55.5 Å². The number of anilines is 2. The van der Waals surface area contributed by atoms with Gasteiger partial charge in [-0.3, -0.25) is 9.52 Å². The van der Waals surface area contributed by atoms with Crippen LogP contribution >= 0.6 is 11.8 Å². The van der Waals surface area contributed by atoms with Crippen LogP contribution in [0.2, 0.25) is 0 Å². The normalized spacial score (nSPS) is 11.0. The molecule has 0 aliphatic rings. The van der Waals surface area contributed by atoms with E-state index in [2.05, 4.69) is 10.0 Å². The zero-order valence-corrected chi connectivity index (χ0v) is 16.9. The van der Waals surface area contributed by atoms with Crippen LogP contribution in [-0.4, -0.2) is 20.1 Å². The van der Waals surface area contributed by atoms with Gasteiger partial charge in [0.1, 0.15) is 0 Å². The SMILES string of the molecule is Cc1ccc(S(=O)(=O)Nc2ccc(SCC(=O)Nc3ccccc3)cc2)cc1. The Labute approximate surface area is 169 Å². The van der Waals surface area contributed by atoms with Gasteiger partial charge in [0.05, 0.1) is 10.6 Å². The first-order valence-electron chi connectivity index (χ1n) is 8.60. The second-order valence-electron chi connectivity index (χ2n) is 6.15. The number of thioether (sulfide) groups is 1. The first kappa shape index (κ1) is 20.0. The van der Waals surface area contributed by atoms with Crippen molar-refractivity contribution in [2.24, 2.45) is 0 Å². The van der Waals surface area contributed by atoms with E-state index in [9.17, 15) is 13.2 Å². The van der Waals surface area contributed by atoms with Crippen molar-refractivity contribution in [3.63, 3.8) is 0 Å². The Balaban J connectivity index is 1.56. The highest BCUT2D eigenvalue weighted by molar-refractivity contribution is 8.00. The van der Waals surface area contributed by atoms with Crippen LogP contribution in [-0.2, 0) is 14.8 Å². The maximum Gasteiger partial charge on any atom is 0.261 e. The standard InChI is InChI=1S/C21H20N2O3S2/c1-16-7-13-20(14-8-16)28(25,26)23-18-9-11-19(12-10-18)27-15-21(24)22-17-5-3-2-4-6-17/h2-14,23H,15H2,1H3,(H,22,24). The van der Waals surface area contributed by atoms with E-state index in [0.29, 0.717) is 5.69 Å². The largest absolute Gasteiger partial charge is 0.325 e. The van der Waals surface area contributed by atoms with E-state index in [-0.39, 0.29) is 16.6 Å². The molecule has 7 heteroatoms. The van der Waals surface area contributed by atoms with Gasteiger partial charge in [-0.25, -0.2) is 8.42 Å². The molecule has 3 aromatic carbocycles. The fourth-order valence-electron chi connectivity index (χ4n) is 2.42. The van der Waals surface area contributed by atoms with E-state index in [4.69, 9.17) is 0 Å². The molecular weight excluding hydrogens is 392 g/mol. The topological polar surface area (TPSA) is 75.3 Å². The second-order valence-corrected chi connectivity index (χ2v) is 8.88. The summed E-state index contributed by atoms with van der Waals surface area (Å²) in [5, 5.41) is 2.83. The van der Waals surface area contributed by atoms with Crippen molar-refractivity contribution >= 4 is 39.1 Å². The Bertz CT molecular complexity index is 1030. The summed E-state index contributed by atoms with van der Waals surface area (Å²) in [6.07, 6.45) is 0. The molecule has 0 atom stereocenters. The molecule has 0 aromatic heterocycles. The Kier molecular flexibility index (Phi) is 6.38. The summed E-state index contributed by atoms with van der Waals surface area (Å²) >= 11 is 1.38. The van der Waals surface area contributed by atoms with Crippen LogP contribution in [0.3, 0.4) is 0 Å². The van der Waals surface area contributed by atoms with E-state index in [0.717, 1.165) is 16.1 Å². The van der Waals surface area contributed by atoms with Crippen molar-refractivity contribution in [2.75, 3.05) is 15.8 Å². The van der Waals surface area contributed by atoms with Gasteiger partial charge in [-0.2, -0.15) is 0 Å². The lowest BCUT2D eigenvalue weighted by Gasteiger charge is -2.09. The molecule has 0 aliphatic carbocycles. The van der Waals surface area contributed by atoms with Gasteiger partial charge in [0.25, 0.3) is 10.0 Å². The Morgan fingerprint density at radius 3 is 2.14 bits per heavy atom. The van der Waals surface area contributed by atoms with Gasteiger partial charge >= 0.3 is 0 Å². The summed E-state index contributed by atoms with van der Waals surface area (Å²) < 4.78 is 27.4. The Hall–Kier alpha value is -2.77. The lowest BCUT2D eigenvalue weighted by molar-refractivity contribution is -0.113. The molecule has 0 spiro atoms. The molecule has 3 aromatic rings. The molecule has 0 bridgehead atoms. The quantitative estimate of drug-likeness (QED) is 0.559. The number of rotatable bonds is 7. The molecule has 2 N–H and O–H groups in total. The van der Waals surface area contributed by atoms with Crippen LogP contribution < -0.4 is 10.0 Å². The Morgan fingerprint density at radius 2 is 1.50 bits per heavy atom. The summed E-state index contributed by atoms with van der Waals surface area (Å²) in [5.41, 5.74) is 2.23. The molecule has 3 rings (SSSR count). The summed E-state index contributed by atoms with van der Waals surface area (Å²) in [5.74, 6) is 0.170. The molecular formula is C21H20N2O3S2.